The van der Waals surface area contributed by atoms with Gasteiger partial charge in [-0.1, -0.05) is 53.0 Å². The van der Waals surface area contributed by atoms with Gasteiger partial charge < -0.3 is 14.2 Å². The molecule has 0 saturated carbocycles. The number of ketones is 1. The van der Waals surface area contributed by atoms with Gasteiger partial charge in [0.1, 0.15) is 13.2 Å². The lowest BCUT2D eigenvalue weighted by Gasteiger charge is -2.18. The van der Waals surface area contributed by atoms with Gasteiger partial charge >= 0.3 is 5.97 Å². The van der Waals surface area contributed by atoms with Crippen LogP contribution in [-0.4, -0.2) is 36.6 Å². The van der Waals surface area contributed by atoms with E-state index in [1.165, 1.54) is 0 Å². The minimum atomic E-state index is -0.674. The second-order valence-electron chi connectivity index (χ2n) is 7.65. The molecule has 0 N–H and O–H groups in total. The Labute approximate surface area is 215 Å². The molecule has 0 spiro atoms. The molecule has 1 aromatic heterocycles. The number of halogens is 3. The third-order valence-corrected chi connectivity index (χ3v) is 6.74. The first-order chi connectivity index (χ1) is 16.9. The van der Waals surface area contributed by atoms with Crippen LogP contribution < -0.4 is 9.47 Å². The molecule has 2 heterocycles. The SMILES string of the molecule is O=C(COC(=O)c1cc(-c2ccc(Cl)c(Cl)c2Cl)nc2ccccc12)c1ccc2c(c1)OCCO2. The average Bonchev–Trinajstić information content (AvgIpc) is 2.89. The van der Waals surface area contributed by atoms with Crippen LogP contribution in [0.1, 0.15) is 20.7 Å². The van der Waals surface area contributed by atoms with Crippen molar-refractivity contribution in [1.82, 2.24) is 4.98 Å². The fourth-order valence-corrected chi connectivity index (χ4v) is 4.35. The first kappa shape index (κ1) is 23.4. The molecule has 0 amide bonds. The lowest BCUT2D eigenvalue weighted by molar-refractivity contribution is 0.0476. The second-order valence-corrected chi connectivity index (χ2v) is 8.82. The molecule has 1 aliphatic rings. The Bertz CT molecular complexity index is 1490. The molecule has 1 aliphatic heterocycles. The smallest absolute Gasteiger partial charge is 0.339 e. The second kappa shape index (κ2) is 9.74. The zero-order valence-corrected chi connectivity index (χ0v) is 20.3. The highest BCUT2D eigenvalue weighted by Gasteiger charge is 2.20. The largest absolute Gasteiger partial charge is 0.486 e. The number of hydrogen-bond donors (Lipinski definition) is 0. The van der Waals surface area contributed by atoms with Crippen LogP contribution in [-0.2, 0) is 4.74 Å². The number of pyridine rings is 1. The normalized spacial score (nSPS) is 12.4. The third-order valence-electron chi connectivity index (χ3n) is 5.45. The molecule has 0 saturated heterocycles. The Morgan fingerprint density at radius 2 is 1.66 bits per heavy atom. The van der Waals surface area contributed by atoms with Crippen LogP contribution in [0.2, 0.25) is 15.1 Å². The fraction of sp³-hybridized carbons (Fsp3) is 0.115. The predicted octanol–water partition coefficient (Wildman–Crippen LogP) is 6.67. The van der Waals surface area contributed by atoms with E-state index in [1.807, 2.05) is 0 Å². The highest BCUT2D eigenvalue weighted by atomic mass is 35.5. The van der Waals surface area contributed by atoms with Crippen molar-refractivity contribution in [2.75, 3.05) is 19.8 Å². The zero-order chi connectivity index (χ0) is 24.5. The Morgan fingerprint density at radius 3 is 2.49 bits per heavy atom. The van der Waals surface area contributed by atoms with E-state index >= 15 is 0 Å². The number of para-hydroxylation sites is 1. The van der Waals surface area contributed by atoms with Gasteiger partial charge in [-0.2, -0.15) is 0 Å². The summed E-state index contributed by atoms with van der Waals surface area (Å²) in [6.45, 7) is 0.408. The van der Waals surface area contributed by atoms with E-state index in [1.54, 1.807) is 60.7 Å². The van der Waals surface area contributed by atoms with Crippen molar-refractivity contribution in [1.29, 1.82) is 0 Å². The fourth-order valence-electron chi connectivity index (χ4n) is 3.71. The number of rotatable bonds is 5. The molecule has 176 valence electrons. The average molecular weight is 529 g/mol. The summed E-state index contributed by atoms with van der Waals surface area (Å²) < 4.78 is 16.4. The van der Waals surface area contributed by atoms with Crippen LogP contribution in [0.4, 0.5) is 0 Å². The van der Waals surface area contributed by atoms with Crippen LogP contribution in [0.3, 0.4) is 0 Å². The molecular formula is C26H16Cl3NO5. The summed E-state index contributed by atoms with van der Waals surface area (Å²) in [5.41, 5.74) is 2.07. The monoisotopic (exact) mass is 527 g/mol. The van der Waals surface area contributed by atoms with Gasteiger partial charge in [0.05, 0.1) is 31.8 Å². The number of Topliss-reactive ketones (excluding diaryl/α,β-unsaturated/α-hetero) is 1. The van der Waals surface area contributed by atoms with Gasteiger partial charge in [0.15, 0.2) is 23.9 Å². The van der Waals surface area contributed by atoms with E-state index in [-0.39, 0.29) is 21.4 Å². The van der Waals surface area contributed by atoms with Crippen LogP contribution in [0.15, 0.2) is 60.7 Å². The minimum Gasteiger partial charge on any atom is -0.486 e. The van der Waals surface area contributed by atoms with E-state index in [4.69, 9.17) is 49.0 Å². The van der Waals surface area contributed by atoms with Crippen molar-refractivity contribution < 1.29 is 23.8 Å². The summed E-state index contributed by atoms with van der Waals surface area (Å²) in [6, 6.07) is 16.8. The van der Waals surface area contributed by atoms with E-state index < -0.39 is 12.6 Å². The van der Waals surface area contributed by atoms with Crippen LogP contribution in [0, 0.1) is 0 Å². The highest BCUT2D eigenvalue weighted by Crippen LogP contribution is 2.38. The van der Waals surface area contributed by atoms with Gasteiger partial charge in [0.2, 0.25) is 0 Å². The number of benzene rings is 3. The van der Waals surface area contributed by atoms with Crippen molar-refractivity contribution in [3.05, 3.63) is 86.9 Å². The number of fused-ring (bicyclic) bond motifs is 2. The van der Waals surface area contributed by atoms with Crippen LogP contribution in [0.25, 0.3) is 22.2 Å². The van der Waals surface area contributed by atoms with Gasteiger partial charge in [-0.25, -0.2) is 9.78 Å². The maximum atomic E-state index is 13.1. The molecule has 6 nitrogen and oxygen atoms in total. The first-order valence-corrected chi connectivity index (χ1v) is 11.7. The summed E-state index contributed by atoms with van der Waals surface area (Å²) in [6.07, 6.45) is 0. The number of ether oxygens (including phenoxy) is 3. The molecule has 0 fully saturated rings. The van der Waals surface area contributed by atoms with Crippen molar-refractivity contribution in [2.45, 2.75) is 0 Å². The maximum Gasteiger partial charge on any atom is 0.339 e. The van der Waals surface area contributed by atoms with E-state index in [0.717, 1.165) is 0 Å². The Morgan fingerprint density at radius 1 is 0.886 bits per heavy atom. The molecule has 0 unspecified atom stereocenters. The number of carbonyl (C=O) groups excluding carboxylic acids is 2. The Balaban J connectivity index is 1.43. The van der Waals surface area contributed by atoms with Gasteiger partial charge in [-0.05, 0) is 42.5 Å². The molecule has 0 atom stereocenters. The van der Waals surface area contributed by atoms with Gasteiger partial charge in [0, 0.05) is 16.5 Å². The first-order valence-electron chi connectivity index (χ1n) is 10.6. The van der Waals surface area contributed by atoms with Crippen LogP contribution >= 0.6 is 34.8 Å². The number of carbonyl (C=O) groups is 2. The van der Waals surface area contributed by atoms with Gasteiger partial charge in [-0.15, -0.1) is 0 Å². The number of esters is 1. The number of hydrogen-bond acceptors (Lipinski definition) is 6. The van der Waals surface area contributed by atoms with E-state index in [2.05, 4.69) is 4.98 Å². The van der Waals surface area contributed by atoms with Gasteiger partial charge in [-0.3, -0.25) is 4.79 Å². The number of nitrogens with zero attached hydrogens (tertiary/aromatic N) is 1. The molecular weight excluding hydrogens is 513 g/mol. The summed E-state index contributed by atoms with van der Waals surface area (Å²) >= 11 is 18.7. The molecule has 0 radical (unpaired) electrons. The summed E-state index contributed by atoms with van der Waals surface area (Å²) in [4.78, 5) is 30.4. The Kier molecular flexibility index (Phi) is 6.52. The maximum absolute atomic E-state index is 13.1. The van der Waals surface area contributed by atoms with E-state index in [9.17, 15) is 9.59 Å². The summed E-state index contributed by atoms with van der Waals surface area (Å²) in [5.74, 6) is 0.00612. The molecule has 9 heteroatoms. The molecule has 0 aliphatic carbocycles. The molecule has 3 aromatic carbocycles. The van der Waals surface area contributed by atoms with Crippen molar-refractivity contribution in [3.8, 4) is 22.8 Å². The number of aromatic nitrogens is 1. The topological polar surface area (TPSA) is 74.7 Å². The third kappa shape index (κ3) is 4.65. The van der Waals surface area contributed by atoms with E-state index in [0.29, 0.717) is 57.5 Å². The van der Waals surface area contributed by atoms with Crippen molar-refractivity contribution in [3.63, 3.8) is 0 Å². The zero-order valence-electron chi connectivity index (χ0n) is 18.0. The quantitative estimate of drug-likeness (QED) is 0.164. The molecule has 4 aromatic rings. The van der Waals surface area contributed by atoms with Crippen molar-refractivity contribution in [2.24, 2.45) is 0 Å². The minimum absolute atomic E-state index is 0.190. The lowest BCUT2D eigenvalue weighted by Crippen LogP contribution is -2.17. The lowest BCUT2D eigenvalue weighted by atomic mass is 10.0. The standard InChI is InChI=1S/C26H16Cl3NO5/c27-18-7-6-16(24(28)25(18)29)20-12-17(15-3-1-2-4-19(15)30-20)26(32)35-13-21(31)14-5-8-22-23(11-14)34-10-9-33-22/h1-8,11-12H,9-10,13H2. The Hall–Kier alpha value is -3.32. The van der Waals surface area contributed by atoms with Crippen LogP contribution in [0.5, 0.6) is 11.5 Å². The summed E-state index contributed by atoms with van der Waals surface area (Å²) in [5, 5.41) is 1.28. The van der Waals surface area contributed by atoms with Crippen molar-refractivity contribution >= 4 is 57.5 Å². The highest BCUT2D eigenvalue weighted by molar-refractivity contribution is 6.49. The molecule has 35 heavy (non-hydrogen) atoms. The summed E-state index contributed by atoms with van der Waals surface area (Å²) in [7, 11) is 0. The molecule has 5 rings (SSSR count). The van der Waals surface area contributed by atoms with Gasteiger partial charge in [0.25, 0.3) is 0 Å². The predicted molar refractivity (Wildman–Crippen MR) is 134 cm³/mol. The molecule has 0 bridgehead atoms.